The Morgan fingerprint density at radius 2 is 2.16 bits per heavy atom. The number of hydrogen-bond donors (Lipinski definition) is 1. The van der Waals surface area contributed by atoms with E-state index in [2.05, 4.69) is 11.8 Å². The van der Waals surface area contributed by atoms with Crippen LogP contribution in [0.4, 0.5) is 5.13 Å². The Bertz CT molecular complexity index is 429. The van der Waals surface area contributed by atoms with Gasteiger partial charge in [-0.15, -0.1) is 0 Å². The lowest BCUT2D eigenvalue weighted by molar-refractivity contribution is 0.459. The van der Waals surface area contributed by atoms with Crippen molar-refractivity contribution in [3.63, 3.8) is 0 Å². The van der Waals surface area contributed by atoms with Crippen LogP contribution in [0.5, 0.6) is 0 Å². The molecule has 3 rings (SSSR count). The molecule has 2 unspecified atom stereocenters. The summed E-state index contributed by atoms with van der Waals surface area (Å²) in [7, 11) is 0. The van der Waals surface area contributed by atoms with E-state index < -0.39 is 0 Å². The van der Waals surface area contributed by atoms with E-state index >= 15 is 0 Å². The van der Waals surface area contributed by atoms with Crippen molar-refractivity contribution in [2.75, 3.05) is 18.0 Å². The van der Waals surface area contributed by atoms with E-state index in [0.29, 0.717) is 0 Å². The van der Waals surface area contributed by atoms with E-state index in [0.717, 1.165) is 18.8 Å². The zero-order valence-electron chi connectivity index (χ0n) is 11.9. The summed E-state index contributed by atoms with van der Waals surface area (Å²) in [5.74, 6) is 0.918. The van der Waals surface area contributed by atoms with Crippen LogP contribution in [0.3, 0.4) is 0 Å². The molecule has 106 valence electrons. The van der Waals surface area contributed by atoms with Gasteiger partial charge in [-0.2, -0.15) is 0 Å². The fraction of sp³-hybridized carbons (Fsp3) is 0.800. The van der Waals surface area contributed by atoms with E-state index in [1.54, 1.807) is 0 Å². The van der Waals surface area contributed by atoms with Gasteiger partial charge in [-0.05, 0) is 44.4 Å². The number of nitrogens with zero attached hydrogens (tertiary/aromatic N) is 2. The fourth-order valence-electron chi connectivity index (χ4n) is 3.34. The Hall–Kier alpha value is -0.610. The highest BCUT2D eigenvalue weighted by Crippen LogP contribution is 2.37. The predicted octanol–water partition coefficient (Wildman–Crippen LogP) is 3.50. The van der Waals surface area contributed by atoms with Crippen LogP contribution in [-0.2, 0) is 6.42 Å². The van der Waals surface area contributed by atoms with E-state index in [1.807, 2.05) is 11.3 Å². The second-order valence-corrected chi connectivity index (χ2v) is 7.01. The van der Waals surface area contributed by atoms with Crippen LogP contribution in [0.2, 0.25) is 0 Å². The van der Waals surface area contributed by atoms with E-state index in [1.165, 1.54) is 60.9 Å². The van der Waals surface area contributed by atoms with Crippen LogP contribution in [0, 0.1) is 5.92 Å². The Labute approximate surface area is 120 Å². The van der Waals surface area contributed by atoms with Gasteiger partial charge < -0.3 is 10.6 Å². The number of aryl methyl sites for hydroxylation is 1. The van der Waals surface area contributed by atoms with Crippen molar-refractivity contribution in [2.45, 2.75) is 57.9 Å². The Kier molecular flexibility index (Phi) is 4.08. The minimum atomic E-state index is 0.241. The molecule has 0 saturated carbocycles. The van der Waals surface area contributed by atoms with Crippen molar-refractivity contribution in [1.29, 1.82) is 0 Å². The molecule has 0 radical (unpaired) electrons. The first-order valence-electron chi connectivity index (χ1n) is 7.78. The number of hydrogen-bond acceptors (Lipinski definition) is 4. The molecule has 4 heteroatoms. The maximum Gasteiger partial charge on any atom is 0.185 e. The number of anilines is 1. The molecule has 2 atom stereocenters. The molecule has 1 aliphatic carbocycles. The third-order valence-electron chi connectivity index (χ3n) is 4.68. The zero-order valence-corrected chi connectivity index (χ0v) is 12.7. The molecule has 1 aromatic rings. The minimum Gasteiger partial charge on any atom is -0.348 e. The zero-order chi connectivity index (χ0) is 13.2. The number of nitrogens with two attached hydrogens (primary N) is 1. The lowest BCUT2D eigenvalue weighted by atomic mass is 9.98. The molecular formula is C15H25N3S. The summed E-state index contributed by atoms with van der Waals surface area (Å²) >= 11 is 1.86. The first-order valence-corrected chi connectivity index (χ1v) is 8.59. The molecule has 1 aromatic heterocycles. The number of rotatable bonds is 2. The molecule has 1 aliphatic heterocycles. The third kappa shape index (κ3) is 2.79. The van der Waals surface area contributed by atoms with Gasteiger partial charge in [0.25, 0.3) is 0 Å². The predicted molar refractivity (Wildman–Crippen MR) is 81.8 cm³/mol. The standard InChI is InChI=1S/C15H25N3S/c1-2-11-5-4-9-18(10-8-11)15-17-13-7-3-6-12(16)14(13)19-15/h11-12H,2-10,16H2,1H3. The third-order valence-corrected chi connectivity index (χ3v) is 5.97. The van der Waals surface area contributed by atoms with Crippen LogP contribution in [0.15, 0.2) is 0 Å². The smallest absolute Gasteiger partial charge is 0.185 e. The molecule has 0 amide bonds. The van der Waals surface area contributed by atoms with Crippen LogP contribution in [0.25, 0.3) is 0 Å². The Morgan fingerprint density at radius 1 is 1.26 bits per heavy atom. The first kappa shape index (κ1) is 13.4. The summed E-state index contributed by atoms with van der Waals surface area (Å²) in [6, 6.07) is 0.241. The van der Waals surface area contributed by atoms with Crippen molar-refractivity contribution in [2.24, 2.45) is 11.7 Å². The molecule has 2 heterocycles. The van der Waals surface area contributed by atoms with Crippen molar-refractivity contribution in [1.82, 2.24) is 4.98 Å². The van der Waals surface area contributed by atoms with E-state index in [-0.39, 0.29) is 6.04 Å². The second kappa shape index (κ2) is 5.80. The summed E-state index contributed by atoms with van der Waals surface area (Å²) in [6.07, 6.45) is 8.82. The summed E-state index contributed by atoms with van der Waals surface area (Å²) < 4.78 is 0. The molecule has 2 N–H and O–H groups in total. The van der Waals surface area contributed by atoms with Gasteiger partial charge in [-0.1, -0.05) is 24.7 Å². The molecule has 0 bridgehead atoms. The summed E-state index contributed by atoms with van der Waals surface area (Å²) in [4.78, 5) is 8.75. The molecular weight excluding hydrogens is 254 g/mol. The summed E-state index contributed by atoms with van der Waals surface area (Å²) in [5, 5.41) is 1.24. The van der Waals surface area contributed by atoms with Gasteiger partial charge in [0.05, 0.1) is 5.69 Å². The maximum absolute atomic E-state index is 6.22. The molecule has 0 aromatic carbocycles. The van der Waals surface area contributed by atoms with Crippen LogP contribution in [0.1, 0.15) is 62.1 Å². The van der Waals surface area contributed by atoms with Crippen molar-refractivity contribution < 1.29 is 0 Å². The van der Waals surface area contributed by atoms with Crippen molar-refractivity contribution >= 4 is 16.5 Å². The average Bonchev–Trinajstić information content (AvgIpc) is 2.71. The lowest BCUT2D eigenvalue weighted by Crippen LogP contribution is -2.24. The van der Waals surface area contributed by atoms with Gasteiger partial charge in [0.15, 0.2) is 5.13 Å². The van der Waals surface area contributed by atoms with Crippen LogP contribution >= 0.6 is 11.3 Å². The Morgan fingerprint density at radius 3 is 2.95 bits per heavy atom. The molecule has 19 heavy (non-hydrogen) atoms. The minimum absolute atomic E-state index is 0.241. The topological polar surface area (TPSA) is 42.2 Å². The average molecular weight is 279 g/mol. The molecule has 1 saturated heterocycles. The van der Waals surface area contributed by atoms with Crippen LogP contribution < -0.4 is 10.6 Å². The van der Waals surface area contributed by atoms with Crippen LogP contribution in [-0.4, -0.2) is 18.1 Å². The maximum atomic E-state index is 6.22. The number of thiazole rings is 1. The Balaban J connectivity index is 1.75. The number of fused-ring (bicyclic) bond motifs is 1. The van der Waals surface area contributed by atoms with E-state index in [9.17, 15) is 0 Å². The highest BCUT2D eigenvalue weighted by atomic mass is 32.1. The first-order chi connectivity index (χ1) is 9.28. The fourth-order valence-corrected chi connectivity index (χ4v) is 4.54. The molecule has 0 spiro atoms. The van der Waals surface area contributed by atoms with E-state index in [4.69, 9.17) is 10.7 Å². The lowest BCUT2D eigenvalue weighted by Gasteiger charge is -2.19. The summed E-state index contributed by atoms with van der Waals surface area (Å²) in [6.45, 7) is 4.68. The van der Waals surface area contributed by atoms with Crippen molar-refractivity contribution in [3.05, 3.63) is 10.6 Å². The van der Waals surface area contributed by atoms with Gasteiger partial charge in [-0.25, -0.2) is 4.98 Å². The molecule has 1 fully saturated rings. The molecule has 3 nitrogen and oxygen atoms in total. The summed E-state index contributed by atoms with van der Waals surface area (Å²) in [5.41, 5.74) is 7.50. The quantitative estimate of drug-likeness (QED) is 0.901. The SMILES string of the molecule is CCC1CCCN(c2nc3c(s2)C(N)CCC3)CC1. The van der Waals surface area contributed by atoms with Gasteiger partial charge in [0.2, 0.25) is 0 Å². The second-order valence-electron chi connectivity index (χ2n) is 6.00. The number of aromatic nitrogens is 1. The highest BCUT2D eigenvalue weighted by molar-refractivity contribution is 7.15. The normalized spacial score (nSPS) is 28.0. The largest absolute Gasteiger partial charge is 0.348 e. The highest BCUT2D eigenvalue weighted by Gasteiger charge is 2.25. The van der Waals surface area contributed by atoms with Gasteiger partial charge >= 0.3 is 0 Å². The monoisotopic (exact) mass is 279 g/mol. The van der Waals surface area contributed by atoms with Crippen molar-refractivity contribution in [3.8, 4) is 0 Å². The van der Waals surface area contributed by atoms with Gasteiger partial charge in [-0.3, -0.25) is 0 Å². The van der Waals surface area contributed by atoms with Gasteiger partial charge in [0.1, 0.15) is 0 Å². The van der Waals surface area contributed by atoms with Gasteiger partial charge in [0, 0.05) is 24.0 Å². The molecule has 2 aliphatic rings.